The van der Waals surface area contributed by atoms with Gasteiger partial charge in [0.25, 0.3) is 10.0 Å². The van der Waals surface area contributed by atoms with E-state index >= 15 is 0 Å². The minimum absolute atomic E-state index is 0.0273. The second-order valence-corrected chi connectivity index (χ2v) is 9.12. The molecule has 1 aliphatic rings. The van der Waals surface area contributed by atoms with Gasteiger partial charge in [-0.15, -0.1) is 0 Å². The lowest BCUT2D eigenvalue weighted by molar-refractivity contribution is -0.135. The van der Waals surface area contributed by atoms with Crippen molar-refractivity contribution in [2.45, 2.75) is 10.6 Å². The minimum Gasteiger partial charge on any atom is -0.494 e. The number of sulfonamides is 1. The lowest BCUT2D eigenvalue weighted by Crippen LogP contribution is -2.42. The predicted octanol–water partition coefficient (Wildman–Crippen LogP) is 2.16. The Morgan fingerprint density at radius 2 is 2.03 bits per heavy atom. The highest BCUT2D eigenvalue weighted by Crippen LogP contribution is 2.35. The van der Waals surface area contributed by atoms with Crippen molar-refractivity contribution in [3.8, 4) is 11.6 Å². The van der Waals surface area contributed by atoms with Crippen molar-refractivity contribution in [1.29, 1.82) is 0 Å². The van der Waals surface area contributed by atoms with Crippen LogP contribution < -0.4 is 9.46 Å². The minimum atomic E-state index is -4.03. The monoisotopic (exact) mass is 458 g/mol. The van der Waals surface area contributed by atoms with Crippen LogP contribution in [-0.2, 0) is 27.5 Å². The summed E-state index contributed by atoms with van der Waals surface area (Å²) in [7, 11) is -0.863. The molecule has 0 spiro atoms. The number of benzene rings is 1. The van der Waals surface area contributed by atoms with Gasteiger partial charge < -0.3 is 9.47 Å². The molecule has 0 radical (unpaired) electrons. The highest BCUT2D eigenvalue weighted by atomic mass is 32.2. The van der Waals surface area contributed by atoms with Crippen LogP contribution in [0.3, 0.4) is 0 Å². The summed E-state index contributed by atoms with van der Waals surface area (Å²) in [6.07, 6.45) is 5.59. The van der Waals surface area contributed by atoms with Gasteiger partial charge in [-0.2, -0.15) is 10.2 Å². The molecule has 0 amide bonds. The first-order valence-electron chi connectivity index (χ1n) is 9.60. The topological polar surface area (TPSA) is 113 Å². The van der Waals surface area contributed by atoms with Crippen molar-refractivity contribution in [1.82, 2.24) is 24.5 Å². The first kappa shape index (κ1) is 20.4. The smallest absolute Gasteiger partial charge is 0.265 e. The van der Waals surface area contributed by atoms with E-state index in [0.717, 1.165) is 5.39 Å². The fourth-order valence-corrected chi connectivity index (χ4v) is 4.56. The van der Waals surface area contributed by atoms with E-state index < -0.39 is 15.7 Å². The average Bonchev–Trinajstić information content (AvgIpc) is 3.40. The first-order valence-corrected chi connectivity index (χ1v) is 11.1. The molecule has 0 aliphatic carbocycles. The Balaban J connectivity index is 1.49. The normalized spacial score (nSPS) is 15.5. The molecule has 0 atom stereocenters. The number of fused-ring (bicyclic) bond motifs is 1. The first-order chi connectivity index (χ1) is 15.3. The maximum absolute atomic E-state index is 14.7. The van der Waals surface area contributed by atoms with Crippen molar-refractivity contribution < 1.29 is 22.3 Å². The molecule has 4 aromatic rings. The van der Waals surface area contributed by atoms with Gasteiger partial charge in [-0.05, 0) is 29.8 Å². The molecular formula is C20H19FN6O4S. The fraction of sp³-hybridized carbons (Fsp3) is 0.250. The number of anilines is 1. The van der Waals surface area contributed by atoms with Crippen molar-refractivity contribution in [3.05, 3.63) is 54.6 Å². The van der Waals surface area contributed by atoms with Gasteiger partial charge in [-0.3, -0.25) is 9.40 Å². The molecule has 5 rings (SSSR count). The summed E-state index contributed by atoms with van der Waals surface area (Å²) in [5.74, 6) is 0.640. The number of nitrogens with zero attached hydrogens (tertiary/aromatic N) is 5. The molecule has 3 aromatic heterocycles. The van der Waals surface area contributed by atoms with E-state index in [1.54, 1.807) is 36.1 Å². The number of rotatable bonds is 6. The van der Waals surface area contributed by atoms with E-state index in [1.807, 2.05) is 0 Å². The third-order valence-electron chi connectivity index (χ3n) is 5.35. The lowest BCUT2D eigenvalue weighted by Gasteiger charge is -2.34. The number of halogens is 1. The van der Waals surface area contributed by atoms with Crippen molar-refractivity contribution in [2.24, 2.45) is 7.05 Å². The fourth-order valence-electron chi connectivity index (χ4n) is 3.55. The third kappa shape index (κ3) is 3.28. The second kappa shape index (κ2) is 7.28. The van der Waals surface area contributed by atoms with Gasteiger partial charge in [0.15, 0.2) is 11.5 Å². The Kier molecular flexibility index (Phi) is 4.64. The van der Waals surface area contributed by atoms with Crippen LogP contribution in [0, 0.1) is 0 Å². The molecule has 0 unspecified atom stereocenters. The number of aryl methyl sites for hydroxylation is 1. The molecule has 4 heterocycles. The van der Waals surface area contributed by atoms with Gasteiger partial charge in [-0.25, -0.2) is 22.5 Å². The van der Waals surface area contributed by atoms with Gasteiger partial charge in [0, 0.05) is 18.6 Å². The van der Waals surface area contributed by atoms with Crippen LogP contribution in [0.25, 0.3) is 16.7 Å². The van der Waals surface area contributed by atoms with Crippen molar-refractivity contribution in [2.75, 3.05) is 25.0 Å². The maximum Gasteiger partial charge on any atom is 0.265 e. The second-order valence-electron chi connectivity index (χ2n) is 7.44. The molecular weight excluding hydrogens is 439 g/mol. The number of ether oxygens (including phenoxy) is 2. The van der Waals surface area contributed by atoms with E-state index in [4.69, 9.17) is 9.47 Å². The molecule has 0 saturated carbocycles. The van der Waals surface area contributed by atoms with Crippen LogP contribution in [0.5, 0.6) is 5.75 Å². The molecule has 0 bridgehead atoms. The van der Waals surface area contributed by atoms with Crippen molar-refractivity contribution in [3.63, 3.8) is 0 Å². The molecule has 32 heavy (non-hydrogen) atoms. The molecule has 1 aromatic carbocycles. The van der Waals surface area contributed by atoms with E-state index in [2.05, 4.69) is 19.9 Å². The lowest BCUT2D eigenvalue weighted by atomic mass is 9.95. The predicted molar refractivity (Wildman–Crippen MR) is 113 cm³/mol. The van der Waals surface area contributed by atoms with E-state index in [9.17, 15) is 12.8 Å². The number of aromatic nitrogens is 5. The zero-order valence-corrected chi connectivity index (χ0v) is 18.0. The van der Waals surface area contributed by atoms with Crippen LogP contribution in [0.1, 0.15) is 5.56 Å². The number of hydrogen-bond donors (Lipinski definition) is 1. The molecule has 10 nitrogen and oxygen atoms in total. The number of nitrogens with one attached hydrogen (secondary N) is 1. The Hall–Kier alpha value is -3.51. The van der Waals surface area contributed by atoms with E-state index in [-0.39, 0.29) is 23.8 Å². The van der Waals surface area contributed by atoms with Crippen LogP contribution in [0.4, 0.5) is 10.1 Å². The Labute approximate surface area is 182 Å². The molecule has 1 saturated heterocycles. The summed E-state index contributed by atoms with van der Waals surface area (Å²) in [6.45, 7) is -0.0546. The van der Waals surface area contributed by atoms with Gasteiger partial charge in [0.05, 0.1) is 44.4 Å². The number of pyridine rings is 1. The Morgan fingerprint density at radius 3 is 2.75 bits per heavy atom. The third-order valence-corrected chi connectivity index (χ3v) is 6.65. The van der Waals surface area contributed by atoms with E-state index in [1.165, 1.54) is 36.4 Å². The van der Waals surface area contributed by atoms with Crippen LogP contribution >= 0.6 is 0 Å². The van der Waals surface area contributed by atoms with Crippen LogP contribution in [0.15, 0.2) is 53.9 Å². The van der Waals surface area contributed by atoms with Gasteiger partial charge in [0.1, 0.15) is 16.3 Å². The standard InChI is InChI=1S/C20H19FN6O4S/c1-26-19-13(8-23-26)3-4-16(30-2)18(19)25-32(28,29)15-9-24-27(10-15)17-7-14(5-6-22-17)20(21)11-31-12-20/h3-10,25H,11-12H2,1-2H3. The largest absolute Gasteiger partial charge is 0.494 e. The zero-order chi connectivity index (χ0) is 22.5. The Bertz CT molecular complexity index is 1430. The number of methoxy groups -OCH3 is 1. The zero-order valence-electron chi connectivity index (χ0n) is 17.2. The highest BCUT2D eigenvalue weighted by Gasteiger charge is 2.41. The molecule has 1 fully saturated rings. The SMILES string of the molecule is COc1ccc2cnn(C)c2c1NS(=O)(=O)c1cnn(-c2cc(C3(F)COC3)ccn2)c1. The van der Waals surface area contributed by atoms with Gasteiger partial charge >= 0.3 is 0 Å². The van der Waals surface area contributed by atoms with Crippen LogP contribution in [0.2, 0.25) is 0 Å². The summed E-state index contributed by atoms with van der Waals surface area (Å²) < 4.78 is 56.7. The van der Waals surface area contributed by atoms with E-state index in [0.29, 0.717) is 22.6 Å². The van der Waals surface area contributed by atoms with Crippen LogP contribution in [-0.4, -0.2) is 53.3 Å². The summed E-state index contributed by atoms with van der Waals surface area (Å²) in [5, 5.41) is 9.04. The molecule has 1 N–H and O–H groups in total. The molecule has 1 aliphatic heterocycles. The number of alkyl halides is 1. The highest BCUT2D eigenvalue weighted by molar-refractivity contribution is 7.92. The molecule has 12 heteroatoms. The quantitative estimate of drug-likeness (QED) is 0.471. The average molecular weight is 458 g/mol. The summed E-state index contributed by atoms with van der Waals surface area (Å²) in [4.78, 5) is 4.09. The van der Waals surface area contributed by atoms with Gasteiger partial charge in [0.2, 0.25) is 0 Å². The van der Waals surface area contributed by atoms with Crippen molar-refractivity contribution >= 4 is 26.6 Å². The molecule has 166 valence electrons. The maximum atomic E-state index is 14.7. The summed E-state index contributed by atoms with van der Waals surface area (Å²) >= 11 is 0. The Morgan fingerprint density at radius 1 is 1.22 bits per heavy atom. The summed E-state index contributed by atoms with van der Waals surface area (Å²) in [6, 6.07) is 6.55. The number of hydrogen-bond acceptors (Lipinski definition) is 7. The summed E-state index contributed by atoms with van der Waals surface area (Å²) in [5.41, 5.74) is -0.327. The van der Waals surface area contributed by atoms with Gasteiger partial charge in [-0.1, -0.05) is 0 Å².